The Labute approximate surface area is 155 Å². The Morgan fingerprint density at radius 1 is 1.27 bits per heavy atom. The summed E-state index contributed by atoms with van der Waals surface area (Å²) >= 11 is 1.42. The number of nitrogens with zero attached hydrogens (tertiary/aromatic N) is 2. The molecule has 1 atom stereocenters. The Balaban J connectivity index is 1.53. The Morgan fingerprint density at radius 2 is 2.00 bits per heavy atom. The van der Waals surface area contributed by atoms with Crippen LogP contribution in [0.15, 0.2) is 30.3 Å². The number of amides is 4. The highest BCUT2D eigenvalue weighted by atomic mass is 32.1. The number of rotatable bonds is 6. The van der Waals surface area contributed by atoms with Gasteiger partial charge in [-0.1, -0.05) is 30.3 Å². The number of thiazole rings is 1. The zero-order valence-electron chi connectivity index (χ0n) is 14.6. The van der Waals surface area contributed by atoms with Gasteiger partial charge >= 0.3 is 6.03 Å². The molecule has 0 radical (unpaired) electrons. The van der Waals surface area contributed by atoms with Crippen molar-refractivity contribution in [2.45, 2.75) is 39.3 Å². The van der Waals surface area contributed by atoms with Gasteiger partial charge in [0.25, 0.3) is 5.91 Å². The van der Waals surface area contributed by atoms with E-state index >= 15 is 0 Å². The maximum Gasteiger partial charge on any atom is 0.325 e. The van der Waals surface area contributed by atoms with Crippen molar-refractivity contribution in [1.82, 2.24) is 15.2 Å². The molecule has 1 fully saturated rings. The summed E-state index contributed by atoms with van der Waals surface area (Å²) in [5, 5.41) is 5.94. The summed E-state index contributed by atoms with van der Waals surface area (Å²) in [6, 6.07) is 8.23. The predicted octanol–water partition coefficient (Wildman–Crippen LogP) is 2.60. The van der Waals surface area contributed by atoms with E-state index in [0.717, 1.165) is 16.1 Å². The number of nitrogens with one attached hydrogen (secondary N) is 2. The van der Waals surface area contributed by atoms with Crippen LogP contribution in [-0.4, -0.2) is 33.8 Å². The van der Waals surface area contributed by atoms with Crippen LogP contribution in [0.25, 0.3) is 0 Å². The number of imide groups is 1. The molecule has 7 nitrogen and oxygen atoms in total. The minimum absolute atomic E-state index is 0.132. The third kappa shape index (κ3) is 4.08. The first-order chi connectivity index (χ1) is 12.4. The maximum absolute atomic E-state index is 12.4. The van der Waals surface area contributed by atoms with Crippen molar-refractivity contribution in [2.75, 3.05) is 5.32 Å². The quantitative estimate of drug-likeness (QED) is 0.763. The van der Waals surface area contributed by atoms with Crippen LogP contribution in [0.2, 0.25) is 0 Å². The molecule has 2 aromatic rings. The van der Waals surface area contributed by atoms with E-state index < -0.39 is 12.1 Å². The average molecular weight is 372 g/mol. The monoisotopic (exact) mass is 372 g/mol. The van der Waals surface area contributed by atoms with E-state index in [4.69, 9.17) is 0 Å². The molecule has 26 heavy (non-hydrogen) atoms. The van der Waals surface area contributed by atoms with Gasteiger partial charge in [0.2, 0.25) is 5.91 Å². The number of urea groups is 1. The molecule has 8 heteroatoms. The lowest BCUT2D eigenvalue weighted by molar-refractivity contribution is -0.128. The largest absolute Gasteiger partial charge is 0.326 e. The highest BCUT2D eigenvalue weighted by Gasteiger charge is 2.37. The number of benzene rings is 1. The zero-order valence-corrected chi connectivity index (χ0v) is 15.4. The van der Waals surface area contributed by atoms with Gasteiger partial charge in [-0.2, -0.15) is 0 Å². The van der Waals surface area contributed by atoms with Gasteiger partial charge in [0, 0.05) is 11.3 Å². The maximum atomic E-state index is 12.4. The number of aryl methyl sites for hydroxylation is 2. The third-order valence-electron chi connectivity index (χ3n) is 4.23. The van der Waals surface area contributed by atoms with E-state index in [1.54, 1.807) is 0 Å². The fourth-order valence-electron chi connectivity index (χ4n) is 2.67. The Bertz CT molecular complexity index is 815. The van der Waals surface area contributed by atoms with Gasteiger partial charge in [0.1, 0.15) is 6.04 Å². The molecule has 1 saturated heterocycles. The van der Waals surface area contributed by atoms with Crippen LogP contribution < -0.4 is 10.6 Å². The summed E-state index contributed by atoms with van der Waals surface area (Å²) in [6.07, 6.45) is 0.387. The molecule has 0 saturated carbocycles. The molecule has 0 spiro atoms. The van der Waals surface area contributed by atoms with Crippen molar-refractivity contribution in [1.29, 1.82) is 0 Å². The summed E-state index contributed by atoms with van der Waals surface area (Å²) in [5.74, 6) is -0.519. The molecule has 1 aliphatic rings. The minimum Gasteiger partial charge on any atom is -0.326 e. The standard InChI is InChI=1S/C18H20N4O3S/c1-11-12(2)26-17(19-11)21-15(23)9-8-14-16(24)22(18(25)20-14)10-13-6-4-3-5-7-13/h3-7,14H,8-10H2,1-2H3,(H,20,25)(H,19,21,23). The zero-order chi connectivity index (χ0) is 18.7. The summed E-state index contributed by atoms with van der Waals surface area (Å²) in [7, 11) is 0. The first kappa shape index (κ1) is 18.1. The topological polar surface area (TPSA) is 91.4 Å². The Hall–Kier alpha value is -2.74. The van der Waals surface area contributed by atoms with Crippen molar-refractivity contribution in [3.05, 3.63) is 46.5 Å². The molecular weight excluding hydrogens is 352 g/mol. The van der Waals surface area contributed by atoms with Crippen molar-refractivity contribution in [2.24, 2.45) is 0 Å². The van der Waals surface area contributed by atoms with Gasteiger partial charge < -0.3 is 10.6 Å². The molecule has 136 valence electrons. The first-order valence-corrected chi connectivity index (χ1v) is 9.15. The van der Waals surface area contributed by atoms with Gasteiger partial charge in [-0.15, -0.1) is 11.3 Å². The van der Waals surface area contributed by atoms with Crippen LogP contribution in [0, 0.1) is 13.8 Å². The van der Waals surface area contributed by atoms with E-state index in [1.165, 1.54) is 16.2 Å². The molecule has 3 rings (SSSR count). The van der Waals surface area contributed by atoms with Crippen molar-refractivity contribution < 1.29 is 14.4 Å². The smallest absolute Gasteiger partial charge is 0.325 e. The van der Waals surface area contributed by atoms with Crippen LogP contribution in [0.3, 0.4) is 0 Å². The van der Waals surface area contributed by atoms with Crippen LogP contribution in [0.4, 0.5) is 9.93 Å². The molecule has 4 amide bonds. The summed E-state index contributed by atoms with van der Waals surface area (Å²) < 4.78 is 0. The van der Waals surface area contributed by atoms with E-state index in [0.29, 0.717) is 5.13 Å². The second-order valence-electron chi connectivity index (χ2n) is 6.16. The second-order valence-corrected chi connectivity index (χ2v) is 7.36. The van der Waals surface area contributed by atoms with E-state index in [9.17, 15) is 14.4 Å². The van der Waals surface area contributed by atoms with Crippen molar-refractivity contribution in [3.63, 3.8) is 0 Å². The number of hydrogen-bond acceptors (Lipinski definition) is 5. The fraction of sp³-hybridized carbons (Fsp3) is 0.333. The van der Waals surface area contributed by atoms with Gasteiger partial charge in [-0.05, 0) is 25.8 Å². The lowest BCUT2D eigenvalue weighted by atomic mass is 10.1. The Morgan fingerprint density at radius 3 is 2.65 bits per heavy atom. The van der Waals surface area contributed by atoms with E-state index in [-0.39, 0.29) is 31.2 Å². The molecule has 1 aliphatic heterocycles. The highest BCUT2D eigenvalue weighted by molar-refractivity contribution is 7.15. The lowest BCUT2D eigenvalue weighted by Crippen LogP contribution is -2.31. The lowest BCUT2D eigenvalue weighted by Gasteiger charge is -2.13. The minimum atomic E-state index is -0.670. The third-order valence-corrected chi connectivity index (χ3v) is 5.21. The van der Waals surface area contributed by atoms with Gasteiger partial charge in [-0.3, -0.25) is 14.5 Å². The number of aromatic nitrogens is 1. The van der Waals surface area contributed by atoms with E-state index in [1.807, 2.05) is 44.2 Å². The van der Waals surface area contributed by atoms with E-state index in [2.05, 4.69) is 15.6 Å². The van der Waals surface area contributed by atoms with Crippen LogP contribution >= 0.6 is 11.3 Å². The summed E-state index contributed by atoms with van der Waals surface area (Å²) in [6.45, 7) is 4.05. The number of hydrogen-bond donors (Lipinski definition) is 2. The molecule has 2 N–H and O–H groups in total. The number of carbonyl (C=O) groups excluding carboxylic acids is 3. The molecule has 1 aromatic carbocycles. The fourth-order valence-corrected chi connectivity index (χ4v) is 3.50. The highest BCUT2D eigenvalue weighted by Crippen LogP contribution is 2.21. The number of carbonyl (C=O) groups is 3. The normalized spacial score (nSPS) is 16.7. The average Bonchev–Trinajstić information content (AvgIpc) is 3.06. The second kappa shape index (κ2) is 7.65. The van der Waals surface area contributed by atoms with Crippen LogP contribution in [0.5, 0.6) is 0 Å². The predicted molar refractivity (Wildman–Crippen MR) is 98.8 cm³/mol. The molecule has 1 unspecified atom stereocenters. The van der Waals surface area contributed by atoms with Crippen LogP contribution in [-0.2, 0) is 16.1 Å². The molecular formula is C18H20N4O3S. The molecule has 2 heterocycles. The van der Waals surface area contributed by atoms with Gasteiger partial charge in [0.05, 0.1) is 12.2 Å². The van der Waals surface area contributed by atoms with Crippen molar-refractivity contribution in [3.8, 4) is 0 Å². The first-order valence-electron chi connectivity index (χ1n) is 8.33. The number of anilines is 1. The molecule has 0 bridgehead atoms. The SMILES string of the molecule is Cc1nc(NC(=O)CCC2NC(=O)N(Cc3ccccc3)C2=O)sc1C. The molecule has 1 aromatic heterocycles. The van der Waals surface area contributed by atoms with Gasteiger partial charge in [0.15, 0.2) is 5.13 Å². The summed E-state index contributed by atoms with van der Waals surface area (Å²) in [4.78, 5) is 43.1. The van der Waals surface area contributed by atoms with Crippen LogP contribution in [0.1, 0.15) is 29.0 Å². The Kier molecular flexibility index (Phi) is 5.32. The van der Waals surface area contributed by atoms with Crippen molar-refractivity contribution >= 4 is 34.3 Å². The van der Waals surface area contributed by atoms with Gasteiger partial charge in [-0.25, -0.2) is 9.78 Å². The summed E-state index contributed by atoms with van der Waals surface area (Å²) in [5.41, 5.74) is 1.77. The molecule has 0 aliphatic carbocycles.